The molecule has 2 atom stereocenters. The average Bonchev–Trinajstić information content (AvgIpc) is 2.21. The van der Waals surface area contributed by atoms with Crippen LogP contribution in [0.1, 0.15) is 33.1 Å². The number of allylic oxidation sites excluding steroid dienone is 2. The molecule has 1 heteroatoms. The van der Waals surface area contributed by atoms with Gasteiger partial charge in [0.2, 0.25) is 0 Å². The molecule has 0 aromatic heterocycles. The van der Waals surface area contributed by atoms with E-state index in [2.05, 4.69) is 20.4 Å². The zero-order valence-corrected chi connectivity index (χ0v) is 7.98. The SMILES string of the molecule is C=C1CC2(C)C/C(=C\N)CC12C. The molecule has 0 spiro atoms. The van der Waals surface area contributed by atoms with Crippen molar-refractivity contribution in [2.75, 3.05) is 0 Å². The molecule has 2 unspecified atom stereocenters. The molecule has 0 aliphatic heterocycles. The Balaban J connectivity index is 2.36. The molecule has 0 aromatic carbocycles. The molecule has 12 heavy (non-hydrogen) atoms. The van der Waals surface area contributed by atoms with E-state index in [1.165, 1.54) is 24.0 Å². The highest BCUT2D eigenvalue weighted by molar-refractivity contribution is 5.37. The van der Waals surface area contributed by atoms with Crippen LogP contribution in [0.15, 0.2) is 23.9 Å². The Morgan fingerprint density at radius 3 is 2.42 bits per heavy atom. The van der Waals surface area contributed by atoms with E-state index < -0.39 is 0 Å². The van der Waals surface area contributed by atoms with Crippen LogP contribution in [0.25, 0.3) is 0 Å². The molecule has 2 fully saturated rings. The van der Waals surface area contributed by atoms with Crippen LogP contribution in [0.3, 0.4) is 0 Å². The second-order valence-electron chi connectivity index (χ2n) is 4.85. The van der Waals surface area contributed by atoms with Gasteiger partial charge >= 0.3 is 0 Å². The van der Waals surface area contributed by atoms with Crippen molar-refractivity contribution in [2.24, 2.45) is 16.6 Å². The molecule has 2 aliphatic carbocycles. The van der Waals surface area contributed by atoms with E-state index in [1.807, 2.05) is 0 Å². The van der Waals surface area contributed by atoms with Gasteiger partial charge in [-0.15, -0.1) is 0 Å². The number of fused-ring (bicyclic) bond motifs is 1. The fourth-order valence-corrected chi connectivity index (χ4v) is 2.91. The molecule has 0 bridgehead atoms. The van der Waals surface area contributed by atoms with Gasteiger partial charge in [0.15, 0.2) is 0 Å². The third-order valence-corrected chi connectivity index (χ3v) is 4.15. The maximum Gasteiger partial charge on any atom is -0.00212 e. The Morgan fingerprint density at radius 2 is 2.00 bits per heavy atom. The normalized spacial score (nSPS) is 49.2. The molecule has 66 valence electrons. The summed E-state index contributed by atoms with van der Waals surface area (Å²) in [4.78, 5) is 0. The first-order valence-electron chi connectivity index (χ1n) is 4.60. The number of nitrogens with two attached hydrogens (primary N) is 1. The van der Waals surface area contributed by atoms with E-state index in [-0.39, 0.29) is 0 Å². The van der Waals surface area contributed by atoms with Gasteiger partial charge in [0.05, 0.1) is 0 Å². The third kappa shape index (κ3) is 0.650. The van der Waals surface area contributed by atoms with Crippen molar-refractivity contribution in [1.82, 2.24) is 0 Å². The summed E-state index contributed by atoms with van der Waals surface area (Å²) in [5, 5.41) is 0. The van der Waals surface area contributed by atoms with Gasteiger partial charge in [-0.1, -0.05) is 31.6 Å². The molecule has 0 aromatic rings. The van der Waals surface area contributed by atoms with Crippen molar-refractivity contribution in [3.05, 3.63) is 23.9 Å². The van der Waals surface area contributed by atoms with Crippen molar-refractivity contribution < 1.29 is 0 Å². The molecule has 0 saturated heterocycles. The van der Waals surface area contributed by atoms with Crippen molar-refractivity contribution in [3.8, 4) is 0 Å². The highest BCUT2D eigenvalue weighted by Gasteiger charge is 2.59. The molecule has 0 radical (unpaired) electrons. The molecular weight excluding hydrogens is 146 g/mol. The predicted molar refractivity (Wildman–Crippen MR) is 51.5 cm³/mol. The summed E-state index contributed by atoms with van der Waals surface area (Å²) in [6, 6.07) is 0. The van der Waals surface area contributed by atoms with Crippen LogP contribution in [0.5, 0.6) is 0 Å². The van der Waals surface area contributed by atoms with E-state index in [4.69, 9.17) is 5.73 Å². The standard InChI is InChI=1S/C11H17N/c1-8-4-10(2)5-9(7-12)6-11(8,10)3/h7H,1,4-6,12H2,2-3H3/b9-7+. The fraction of sp³-hybridized carbons (Fsp3) is 0.636. The summed E-state index contributed by atoms with van der Waals surface area (Å²) in [6.45, 7) is 8.81. The molecule has 2 N–H and O–H groups in total. The van der Waals surface area contributed by atoms with Crippen LogP contribution in [-0.4, -0.2) is 0 Å². The van der Waals surface area contributed by atoms with Crippen LogP contribution >= 0.6 is 0 Å². The maximum absolute atomic E-state index is 5.56. The molecule has 2 saturated carbocycles. The molecule has 2 rings (SSSR count). The summed E-state index contributed by atoms with van der Waals surface area (Å²) < 4.78 is 0. The second kappa shape index (κ2) is 1.95. The van der Waals surface area contributed by atoms with Crippen LogP contribution in [-0.2, 0) is 0 Å². The van der Waals surface area contributed by atoms with Crippen molar-refractivity contribution >= 4 is 0 Å². The lowest BCUT2D eigenvalue weighted by Gasteiger charge is -2.53. The maximum atomic E-state index is 5.56. The first kappa shape index (κ1) is 7.90. The van der Waals surface area contributed by atoms with Crippen LogP contribution in [0, 0.1) is 10.8 Å². The summed E-state index contributed by atoms with van der Waals surface area (Å²) in [6.07, 6.45) is 5.31. The highest BCUT2D eigenvalue weighted by Crippen LogP contribution is 2.69. The first-order chi connectivity index (χ1) is 5.52. The van der Waals surface area contributed by atoms with Gasteiger partial charge in [-0.25, -0.2) is 0 Å². The minimum Gasteiger partial charge on any atom is -0.405 e. The van der Waals surface area contributed by atoms with Crippen LogP contribution in [0.4, 0.5) is 0 Å². The Morgan fingerprint density at radius 1 is 1.33 bits per heavy atom. The van der Waals surface area contributed by atoms with Crippen molar-refractivity contribution in [3.63, 3.8) is 0 Å². The minimum atomic E-state index is 0.359. The van der Waals surface area contributed by atoms with Gasteiger partial charge < -0.3 is 5.73 Å². The monoisotopic (exact) mass is 163 g/mol. The highest BCUT2D eigenvalue weighted by atomic mass is 14.6. The topological polar surface area (TPSA) is 26.0 Å². The van der Waals surface area contributed by atoms with Gasteiger partial charge in [0, 0.05) is 0 Å². The predicted octanol–water partition coefficient (Wildman–Crippen LogP) is 2.60. The van der Waals surface area contributed by atoms with Crippen LogP contribution < -0.4 is 5.73 Å². The summed E-state index contributed by atoms with van der Waals surface area (Å²) in [7, 11) is 0. The molecular formula is C11H17N. The fourth-order valence-electron chi connectivity index (χ4n) is 2.91. The van der Waals surface area contributed by atoms with Crippen LogP contribution in [0.2, 0.25) is 0 Å². The quantitative estimate of drug-likeness (QED) is 0.546. The lowest BCUT2D eigenvalue weighted by atomic mass is 9.50. The van der Waals surface area contributed by atoms with Gasteiger partial charge in [-0.3, -0.25) is 0 Å². The third-order valence-electron chi connectivity index (χ3n) is 4.15. The Hall–Kier alpha value is -0.720. The van der Waals surface area contributed by atoms with Gasteiger partial charge in [-0.2, -0.15) is 0 Å². The van der Waals surface area contributed by atoms with E-state index in [0.717, 1.165) is 6.42 Å². The van der Waals surface area contributed by atoms with Crippen molar-refractivity contribution in [2.45, 2.75) is 33.1 Å². The summed E-state index contributed by atoms with van der Waals surface area (Å²) in [5.41, 5.74) is 9.22. The molecule has 2 aliphatic rings. The zero-order valence-electron chi connectivity index (χ0n) is 7.98. The number of hydrogen-bond donors (Lipinski definition) is 1. The lowest BCUT2D eigenvalue weighted by molar-refractivity contribution is 0.0647. The van der Waals surface area contributed by atoms with Gasteiger partial charge in [0.1, 0.15) is 0 Å². The Bertz CT molecular complexity index is 277. The Labute approximate surface area is 74.3 Å². The molecule has 1 nitrogen and oxygen atoms in total. The number of hydrogen-bond acceptors (Lipinski definition) is 1. The first-order valence-corrected chi connectivity index (χ1v) is 4.60. The van der Waals surface area contributed by atoms with E-state index in [1.54, 1.807) is 6.20 Å². The Kier molecular flexibility index (Phi) is 1.29. The summed E-state index contributed by atoms with van der Waals surface area (Å²) in [5.74, 6) is 0. The minimum absolute atomic E-state index is 0.359. The zero-order chi connectivity index (χ0) is 8.98. The van der Waals surface area contributed by atoms with Crippen molar-refractivity contribution in [1.29, 1.82) is 0 Å². The lowest BCUT2D eigenvalue weighted by Crippen LogP contribution is -2.44. The second-order valence-corrected chi connectivity index (χ2v) is 4.85. The largest absolute Gasteiger partial charge is 0.405 e. The molecule has 0 heterocycles. The number of rotatable bonds is 0. The van der Waals surface area contributed by atoms with Gasteiger partial charge in [-0.05, 0) is 36.3 Å². The van der Waals surface area contributed by atoms with E-state index >= 15 is 0 Å². The van der Waals surface area contributed by atoms with E-state index in [0.29, 0.717) is 10.8 Å². The van der Waals surface area contributed by atoms with Gasteiger partial charge in [0.25, 0.3) is 0 Å². The smallest absolute Gasteiger partial charge is 0.00212 e. The van der Waals surface area contributed by atoms with E-state index in [9.17, 15) is 0 Å². The summed E-state index contributed by atoms with van der Waals surface area (Å²) >= 11 is 0. The molecule has 0 amide bonds. The average molecular weight is 163 g/mol.